The summed E-state index contributed by atoms with van der Waals surface area (Å²) in [5.74, 6) is 7.70. The molecule has 2 fully saturated rings. The molecule has 2 aliphatic rings. The third-order valence-electron chi connectivity index (χ3n) is 4.52. The predicted octanol–water partition coefficient (Wildman–Crippen LogP) is 2.26. The van der Waals surface area contributed by atoms with Crippen molar-refractivity contribution in [1.82, 2.24) is 4.90 Å². The van der Waals surface area contributed by atoms with Crippen molar-refractivity contribution in [3.63, 3.8) is 0 Å². The highest BCUT2D eigenvalue weighted by molar-refractivity contribution is 5.41. The molecule has 1 saturated carbocycles. The van der Waals surface area contributed by atoms with Gasteiger partial charge in [0.05, 0.1) is 0 Å². The second-order valence-corrected chi connectivity index (χ2v) is 5.76. The molecule has 0 bridgehead atoms. The average molecular weight is 255 g/mol. The Morgan fingerprint density at radius 2 is 1.89 bits per heavy atom. The lowest BCUT2D eigenvalue weighted by molar-refractivity contribution is 0.303. The summed E-state index contributed by atoms with van der Waals surface area (Å²) < 4.78 is 0. The Labute approximate surface area is 115 Å². The van der Waals surface area contributed by atoms with E-state index in [0.29, 0.717) is 0 Å². The summed E-state index contributed by atoms with van der Waals surface area (Å²) in [6.07, 6.45) is 4.28. The molecule has 1 N–H and O–H groups in total. The number of nitrogens with zero attached hydrogens (tertiary/aromatic N) is 1. The summed E-state index contributed by atoms with van der Waals surface area (Å²) in [7, 11) is 0. The minimum atomic E-state index is -0.0673. The minimum Gasteiger partial charge on any atom is -0.384 e. The number of aliphatic hydroxyl groups excluding tert-OH is 1. The lowest BCUT2D eigenvalue weighted by Gasteiger charge is -2.17. The molecule has 2 unspecified atom stereocenters. The van der Waals surface area contributed by atoms with Crippen LogP contribution in [0.15, 0.2) is 24.3 Å². The number of benzene rings is 1. The molecule has 100 valence electrons. The zero-order valence-electron chi connectivity index (χ0n) is 11.3. The molecule has 2 atom stereocenters. The van der Waals surface area contributed by atoms with Gasteiger partial charge in [-0.15, -0.1) is 0 Å². The fourth-order valence-corrected chi connectivity index (χ4v) is 3.62. The first-order valence-corrected chi connectivity index (χ1v) is 7.27. The van der Waals surface area contributed by atoms with Gasteiger partial charge in [0, 0.05) is 25.2 Å². The highest BCUT2D eigenvalue weighted by atomic mass is 16.2. The summed E-state index contributed by atoms with van der Waals surface area (Å²) in [5.41, 5.74) is 2.36. The summed E-state index contributed by atoms with van der Waals surface area (Å²) in [4.78, 5) is 2.58. The van der Waals surface area contributed by atoms with Crippen molar-refractivity contribution in [3.05, 3.63) is 35.4 Å². The normalized spacial score (nSPS) is 25.9. The van der Waals surface area contributed by atoms with Crippen molar-refractivity contribution in [2.24, 2.45) is 11.8 Å². The molecule has 0 aromatic heterocycles. The Hall–Kier alpha value is -1.30. The largest absolute Gasteiger partial charge is 0.384 e. The highest BCUT2D eigenvalue weighted by Crippen LogP contribution is 2.38. The van der Waals surface area contributed by atoms with E-state index < -0.39 is 0 Å². The monoisotopic (exact) mass is 255 g/mol. The molecule has 1 saturated heterocycles. The number of hydrogen-bond donors (Lipinski definition) is 1. The molecule has 1 heterocycles. The van der Waals surface area contributed by atoms with E-state index in [2.05, 4.69) is 34.9 Å². The Morgan fingerprint density at radius 1 is 1.16 bits per heavy atom. The van der Waals surface area contributed by atoms with Gasteiger partial charge in [-0.25, -0.2) is 0 Å². The number of fused-ring (bicyclic) bond motifs is 1. The molecular weight excluding hydrogens is 234 g/mol. The van der Waals surface area contributed by atoms with Gasteiger partial charge in [0.15, 0.2) is 0 Å². The molecule has 1 aliphatic carbocycles. The second-order valence-electron chi connectivity index (χ2n) is 5.76. The highest BCUT2D eigenvalue weighted by Gasteiger charge is 2.35. The van der Waals surface area contributed by atoms with Crippen LogP contribution in [0.2, 0.25) is 0 Å². The molecule has 0 amide bonds. The van der Waals surface area contributed by atoms with E-state index in [1.165, 1.54) is 37.9 Å². The molecule has 1 aliphatic heterocycles. The molecule has 1 aromatic rings. The van der Waals surface area contributed by atoms with Crippen LogP contribution >= 0.6 is 0 Å². The smallest absolute Gasteiger partial charge is 0.104 e. The first kappa shape index (κ1) is 12.7. The zero-order valence-corrected chi connectivity index (χ0v) is 11.3. The molecular formula is C17H21NO. The first-order chi connectivity index (χ1) is 9.36. The maximum absolute atomic E-state index is 8.83. The van der Waals surface area contributed by atoms with Gasteiger partial charge < -0.3 is 5.11 Å². The molecule has 2 heteroatoms. The third kappa shape index (κ3) is 2.83. The molecule has 2 nitrogen and oxygen atoms in total. The second kappa shape index (κ2) is 5.77. The third-order valence-corrected chi connectivity index (χ3v) is 4.52. The van der Waals surface area contributed by atoms with Gasteiger partial charge >= 0.3 is 0 Å². The maximum atomic E-state index is 8.83. The Kier molecular flexibility index (Phi) is 3.87. The van der Waals surface area contributed by atoms with Gasteiger partial charge in [-0.1, -0.05) is 36.5 Å². The quantitative estimate of drug-likeness (QED) is 0.819. The van der Waals surface area contributed by atoms with Crippen molar-refractivity contribution in [2.45, 2.75) is 25.8 Å². The Balaban J connectivity index is 1.70. The standard InChI is InChI=1S/C17H21NO/c19-10-4-9-14-5-1-2-6-15(14)11-18-12-16-7-3-8-17(16)13-18/h1-2,5-6,16-17,19H,3,7-8,10-13H2. The van der Waals surface area contributed by atoms with Crippen LogP contribution in [0.1, 0.15) is 30.4 Å². The number of hydrogen-bond acceptors (Lipinski definition) is 2. The van der Waals surface area contributed by atoms with Crippen LogP contribution in [0.3, 0.4) is 0 Å². The van der Waals surface area contributed by atoms with Crippen LogP contribution in [-0.4, -0.2) is 29.7 Å². The minimum absolute atomic E-state index is 0.0673. The fourth-order valence-electron chi connectivity index (χ4n) is 3.62. The predicted molar refractivity (Wildman–Crippen MR) is 76.5 cm³/mol. The van der Waals surface area contributed by atoms with Gasteiger partial charge in [-0.3, -0.25) is 4.90 Å². The Bertz CT molecular complexity index is 487. The number of rotatable bonds is 2. The van der Waals surface area contributed by atoms with Gasteiger partial charge in [0.1, 0.15) is 6.61 Å². The van der Waals surface area contributed by atoms with E-state index in [1.807, 2.05) is 6.07 Å². The van der Waals surface area contributed by atoms with E-state index in [1.54, 1.807) is 0 Å². The lowest BCUT2D eigenvalue weighted by atomic mass is 10.0. The molecule has 19 heavy (non-hydrogen) atoms. The van der Waals surface area contributed by atoms with Crippen molar-refractivity contribution < 1.29 is 5.11 Å². The lowest BCUT2D eigenvalue weighted by Crippen LogP contribution is -2.21. The molecule has 1 aromatic carbocycles. The van der Waals surface area contributed by atoms with Crippen LogP contribution in [0, 0.1) is 23.7 Å². The summed E-state index contributed by atoms with van der Waals surface area (Å²) in [6.45, 7) is 3.45. The van der Waals surface area contributed by atoms with E-state index in [-0.39, 0.29) is 6.61 Å². The van der Waals surface area contributed by atoms with Crippen LogP contribution in [0.25, 0.3) is 0 Å². The topological polar surface area (TPSA) is 23.5 Å². The SMILES string of the molecule is OCC#Cc1ccccc1CN1CC2CCCC2C1. The van der Waals surface area contributed by atoms with E-state index >= 15 is 0 Å². The number of likely N-dealkylation sites (tertiary alicyclic amines) is 1. The molecule has 3 rings (SSSR count). The van der Waals surface area contributed by atoms with Crippen molar-refractivity contribution in [3.8, 4) is 11.8 Å². The Morgan fingerprint density at radius 3 is 2.63 bits per heavy atom. The number of aliphatic hydroxyl groups is 1. The summed E-state index contributed by atoms with van der Waals surface area (Å²) >= 11 is 0. The van der Waals surface area contributed by atoms with Gasteiger partial charge in [0.25, 0.3) is 0 Å². The zero-order chi connectivity index (χ0) is 13.1. The van der Waals surface area contributed by atoms with Crippen molar-refractivity contribution in [1.29, 1.82) is 0 Å². The summed E-state index contributed by atoms with van der Waals surface area (Å²) in [6, 6.07) is 8.31. The van der Waals surface area contributed by atoms with E-state index in [9.17, 15) is 0 Å². The first-order valence-electron chi connectivity index (χ1n) is 7.27. The molecule has 0 spiro atoms. The van der Waals surface area contributed by atoms with Gasteiger partial charge in [-0.2, -0.15) is 0 Å². The van der Waals surface area contributed by atoms with Crippen LogP contribution < -0.4 is 0 Å². The van der Waals surface area contributed by atoms with Crippen molar-refractivity contribution >= 4 is 0 Å². The van der Waals surface area contributed by atoms with Crippen molar-refractivity contribution in [2.75, 3.05) is 19.7 Å². The summed E-state index contributed by atoms with van der Waals surface area (Å²) in [5, 5.41) is 8.83. The van der Waals surface area contributed by atoms with E-state index in [0.717, 1.165) is 23.9 Å². The van der Waals surface area contributed by atoms with Gasteiger partial charge in [-0.05, 0) is 36.3 Å². The van der Waals surface area contributed by atoms with Gasteiger partial charge in [0.2, 0.25) is 0 Å². The fraction of sp³-hybridized carbons (Fsp3) is 0.529. The van der Waals surface area contributed by atoms with Crippen LogP contribution in [-0.2, 0) is 6.54 Å². The maximum Gasteiger partial charge on any atom is 0.104 e. The average Bonchev–Trinajstić information content (AvgIpc) is 2.98. The molecule has 0 radical (unpaired) electrons. The van der Waals surface area contributed by atoms with Crippen LogP contribution in [0.5, 0.6) is 0 Å². The van der Waals surface area contributed by atoms with E-state index in [4.69, 9.17) is 5.11 Å². The van der Waals surface area contributed by atoms with Crippen LogP contribution in [0.4, 0.5) is 0 Å².